The van der Waals surface area contributed by atoms with Crippen LogP contribution in [0.3, 0.4) is 0 Å². The highest BCUT2D eigenvalue weighted by atomic mass is 127. The Kier molecular flexibility index (Phi) is 8.33. The number of aliphatic carboxylic acids is 1. The molecule has 82 valence electrons. The van der Waals surface area contributed by atoms with Gasteiger partial charge in [0.1, 0.15) is 51.7 Å². The van der Waals surface area contributed by atoms with Crippen LogP contribution in [0.15, 0.2) is 0 Å². The molecule has 0 heterocycles. The molecule has 0 saturated heterocycles. The van der Waals surface area contributed by atoms with E-state index in [-0.39, 0.29) is 0 Å². The van der Waals surface area contributed by atoms with Crippen molar-refractivity contribution in [1.82, 2.24) is 0 Å². The number of carbonyl (C=O) groups is 2. The summed E-state index contributed by atoms with van der Waals surface area (Å²) >= 11 is 2.96. The van der Waals surface area contributed by atoms with Gasteiger partial charge in [-0.05, 0) is 0 Å². The average molecular weight is 450 g/mol. The maximum absolute atomic E-state index is 10.9. The van der Waals surface area contributed by atoms with Crippen LogP contribution in [0.5, 0.6) is 0 Å². The molecule has 2 N–H and O–H groups in total. The SMILES string of the molecule is O=C(O)CC(C(=O)OO)P(OI)OI. The molecular formula is C4H5I2O7P. The Bertz CT molecular complexity index is 208. The maximum Gasteiger partial charge on any atom is 0.354 e. The molecule has 1 unspecified atom stereocenters. The lowest BCUT2D eigenvalue weighted by atomic mass is 10.3. The van der Waals surface area contributed by atoms with Crippen molar-refractivity contribution in [2.24, 2.45) is 0 Å². The van der Waals surface area contributed by atoms with Crippen LogP contribution >= 0.6 is 54.4 Å². The molecule has 0 aliphatic carbocycles. The summed E-state index contributed by atoms with van der Waals surface area (Å²) in [6.45, 7) is 0. The Morgan fingerprint density at radius 3 is 2.14 bits per heavy atom. The van der Waals surface area contributed by atoms with Gasteiger partial charge in [-0.25, -0.2) is 4.79 Å². The fraction of sp³-hybridized carbons (Fsp3) is 0.500. The summed E-state index contributed by atoms with van der Waals surface area (Å²) in [5.41, 5.74) is -1.15. The van der Waals surface area contributed by atoms with Crippen LogP contribution in [-0.2, 0) is 20.2 Å². The normalized spacial score (nSPS) is 12.6. The standard InChI is InChI=1S/C4H5I2O7P/c5-12-14(13-6)2(1-3(7)8)4(9)11-10/h2,10H,1H2,(H,7,8). The van der Waals surface area contributed by atoms with Gasteiger partial charge in [0.15, 0.2) is 0 Å². The summed E-state index contributed by atoms with van der Waals surface area (Å²) in [7, 11) is -1.74. The van der Waals surface area contributed by atoms with Gasteiger partial charge in [0.05, 0.1) is 6.42 Å². The van der Waals surface area contributed by atoms with Crippen molar-refractivity contribution in [3.05, 3.63) is 0 Å². The summed E-state index contributed by atoms with van der Waals surface area (Å²) in [4.78, 5) is 24.7. The predicted molar refractivity (Wildman–Crippen MR) is 61.9 cm³/mol. The lowest BCUT2D eigenvalue weighted by molar-refractivity contribution is -0.234. The minimum Gasteiger partial charge on any atom is -0.481 e. The second-order valence-corrected chi connectivity index (χ2v) is 5.78. The second-order valence-electron chi connectivity index (χ2n) is 1.95. The minimum absolute atomic E-state index is 0.531. The zero-order valence-corrected chi connectivity index (χ0v) is 11.6. The first-order chi connectivity index (χ1) is 6.56. The first-order valence-corrected chi connectivity index (χ1v) is 6.01. The van der Waals surface area contributed by atoms with Crippen molar-refractivity contribution < 1.29 is 30.5 Å². The molecule has 7 nitrogen and oxygen atoms in total. The molecular weight excluding hydrogens is 445 g/mol. The largest absolute Gasteiger partial charge is 0.481 e. The molecule has 0 aromatic carbocycles. The quantitative estimate of drug-likeness (QED) is 0.276. The van der Waals surface area contributed by atoms with Gasteiger partial charge >= 0.3 is 11.9 Å². The van der Waals surface area contributed by atoms with Crippen LogP contribution < -0.4 is 0 Å². The topological polar surface area (TPSA) is 102 Å². The fourth-order valence-corrected chi connectivity index (χ4v) is 4.37. The minimum atomic E-state index is -1.74. The van der Waals surface area contributed by atoms with Gasteiger partial charge in [-0.1, -0.05) is 0 Å². The Morgan fingerprint density at radius 2 is 1.86 bits per heavy atom. The van der Waals surface area contributed by atoms with Gasteiger partial charge < -0.3 is 9.99 Å². The average Bonchev–Trinajstić information content (AvgIpc) is 2.16. The van der Waals surface area contributed by atoms with E-state index in [9.17, 15) is 9.59 Å². The van der Waals surface area contributed by atoms with Crippen LogP contribution in [0.2, 0.25) is 0 Å². The third-order valence-electron chi connectivity index (χ3n) is 1.12. The summed E-state index contributed by atoms with van der Waals surface area (Å²) in [6, 6.07) is 0. The van der Waals surface area contributed by atoms with E-state index in [0.29, 0.717) is 0 Å². The molecule has 14 heavy (non-hydrogen) atoms. The van der Waals surface area contributed by atoms with Gasteiger partial charge in [0.25, 0.3) is 0 Å². The van der Waals surface area contributed by atoms with Gasteiger partial charge in [-0.15, -0.1) is 0 Å². The van der Waals surface area contributed by atoms with Crippen molar-refractivity contribution in [2.75, 3.05) is 0 Å². The molecule has 0 radical (unpaired) electrons. The third-order valence-corrected chi connectivity index (χ3v) is 4.62. The number of halogens is 2. The van der Waals surface area contributed by atoms with E-state index < -0.39 is 32.4 Å². The van der Waals surface area contributed by atoms with E-state index in [4.69, 9.17) is 16.1 Å². The maximum atomic E-state index is 10.9. The van der Waals surface area contributed by atoms with E-state index in [1.807, 2.05) is 0 Å². The highest BCUT2D eigenvalue weighted by Gasteiger charge is 2.35. The van der Waals surface area contributed by atoms with Gasteiger partial charge in [-0.3, -0.25) is 10.5 Å². The van der Waals surface area contributed by atoms with E-state index >= 15 is 0 Å². The molecule has 0 spiro atoms. The zero-order chi connectivity index (χ0) is 11.1. The third kappa shape index (κ3) is 4.98. The monoisotopic (exact) mass is 450 g/mol. The van der Waals surface area contributed by atoms with E-state index in [1.165, 1.54) is 46.0 Å². The lowest BCUT2D eigenvalue weighted by Gasteiger charge is -2.16. The molecule has 1 atom stereocenters. The van der Waals surface area contributed by atoms with Crippen molar-refractivity contribution in [3.63, 3.8) is 0 Å². The van der Waals surface area contributed by atoms with E-state index in [1.54, 1.807) is 0 Å². The molecule has 0 rings (SSSR count). The number of rotatable bonds is 6. The van der Waals surface area contributed by atoms with Gasteiger partial charge in [0, 0.05) is 0 Å². The Hall–Kier alpha value is 0.710. The molecule has 0 saturated carbocycles. The highest BCUT2D eigenvalue weighted by Crippen LogP contribution is 2.49. The fourth-order valence-electron chi connectivity index (χ4n) is 0.577. The molecule has 0 amide bonds. The van der Waals surface area contributed by atoms with E-state index in [2.05, 4.69) is 4.89 Å². The first-order valence-electron chi connectivity index (χ1n) is 3.00. The molecule has 0 aromatic rings. The van der Waals surface area contributed by atoms with Crippen molar-refractivity contribution in [1.29, 1.82) is 0 Å². The highest BCUT2D eigenvalue weighted by molar-refractivity contribution is 14.1. The number of carbonyl (C=O) groups excluding carboxylic acids is 1. The first kappa shape index (κ1) is 14.7. The second kappa shape index (κ2) is 7.93. The molecule has 10 heteroatoms. The van der Waals surface area contributed by atoms with Crippen molar-refractivity contribution >= 4 is 66.3 Å². The Balaban J connectivity index is 4.51. The molecule has 0 aromatic heterocycles. The predicted octanol–water partition coefficient (Wildman–Crippen LogP) is 1.89. The Labute approximate surface area is 108 Å². The number of carboxylic acid groups (broad SMARTS) is 1. The van der Waals surface area contributed by atoms with Crippen LogP contribution in [0.1, 0.15) is 6.42 Å². The molecule has 0 fully saturated rings. The van der Waals surface area contributed by atoms with Crippen LogP contribution in [0.4, 0.5) is 0 Å². The summed E-state index contributed by atoms with van der Waals surface area (Å²) in [5, 5.41) is 16.6. The Morgan fingerprint density at radius 1 is 1.36 bits per heavy atom. The number of carboxylic acids is 1. The lowest BCUT2D eigenvalue weighted by Crippen LogP contribution is -2.24. The number of hydrogen-bond acceptors (Lipinski definition) is 6. The van der Waals surface area contributed by atoms with Crippen LogP contribution in [-0.4, -0.2) is 28.0 Å². The molecule has 0 bridgehead atoms. The van der Waals surface area contributed by atoms with Crippen LogP contribution in [0, 0.1) is 0 Å². The summed E-state index contributed by atoms with van der Waals surface area (Å²) in [6.07, 6.45) is -0.531. The molecule has 0 aliphatic heterocycles. The van der Waals surface area contributed by atoms with Crippen LogP contribution in [0.25, 0.3) is 0 Å². The summed E-state index contributed by atoms with van der Waals surface area (Å²) < 4.78 is 9.43. The van der Waals surface area contributed by atoms with Crippen molar-refractivity contribution in [2.45, 2.75) is 12.1 Å². The van der Waals surface area contributed by atoms with Gasteiger partial charge in [0.2, 0.25) is 8.38 Å². The smallest absolute Gasteiger partial charge is 0.354 e. The zero-order valence-electron chi connectivity index (χ0n) is 6.42. The van der Waals surface area contributed by atoms with Crippen molar-refractivity contribution in [3.8, 4) is 0 Å². The number of hydrogen-bond donors (Lipinski definition) is 2. The molecule has 0 aliphatic rings. The van der Waals surface area contributed by atoms with Gasteiger partial charge in [-0.2, -0.15) is 5.26 Å². The van der Waals surface area contributed by atoms with E-state index in [0.717, 1.165) is 0 Å². The summed E-state index contributed by atoms with van der Waals surface area (Å²) in [5.74, 6) is -2.30.